The third-order valence-electron chi connectivity index (χ3n) is 8.36. The lowest BCUT2D eigenvalue weighted by molar-refractivity contribution is -0.265. The molecule has 9 nitrogen and oxygen atoms in total. The second kappa shape index (κ2) is 11.6. The fourth-order valence-corrected chi connectivity index (χ4v) is 5.28. The molecule has 2 aromatic heterocycles. The molecule has 6 rings (SSSR count). The monoisotopic (exact) mass is 650 g/mol. The van der Waals surface area contributed by atoms with Crippen LogP contribution in [-0.2, 0) is 15.8 Å². The summed E-state index contributed by atoms with van der Waals surface area (Å²) in [5, 5.41) is 13.5. The smallest absolute Gasteiger partial charge is 0.424 e. The zero-order valence-corrected chi connectivity index (χ0v) is 25.3. The number of aromatic nitrogens is 2. The van der Waals surface area contributed by atoms with Crippen LogP contribution in [0.3, 0.4) is 0 Å². The van der Waals surface area contributed by atoms with Crippen LogP contribution in [-0.4, -0.2) is 52.3 Å². The maximum atomic E-state index is 14.8. The van der Waals surface area contributed by atoms with Gasteiger partial charge >= 0.3 is 6.18 Å². The van der Waals surface area contributed by atoms with Gasteiger partial charge in [-0.15, -0.1) is 0 Å². The highest BCUT2D eigenvalue weighted by Crippen LogP contribution is 2.47. The van der Waals surface area contributed by atoms with E-state index in [1.165, 1.54) is 31.2 Å². The number of nitrogens with zero attached hydrogens (tertiary/aromatic N) is 2. The third-order valence-corrected chi connectivity index (χ3v) is 8.36. The van der Waals surface area contributed by atoms with Gasteiger partial charge in [-0.05, 0) is 87.4 Å². The summed E-state index contributed by atoms with van der Waals surface area (Å²) >= 11 is 0. The van der Waals surface area contributed by atoms with Crippen LogP contribution in [0.2, 0.25) is 0 Å². The standard InChI is InChI=1S/C34H30F4N4O5/c1-18-4-3-5-25(41-18)23-14-20(8-13-26(23)47-22-11-12-22)30(43)40-16-33(45,34(36,37)38)27-15-24-29(46-17-32(24,2)31(39)44)28(42-27)19-6-9-21(35)10-7-19/h3-10,13-15,22,45H,11-12,16-17H2,1-2H3,(H2,39,44)(H,40,43)/t32-,33-/m0/s1. The molecule has 4 N–H and O–H groups in total. The molecule has 1 saturated carbocycles. The van der Waals surface area contributed by atoms with Gasteiger partial charge in [-0.2, -0.15) is 13.2 Å². The molecule has 2 atom stereocenters. The van der Waals surface area contributed by atoms with E-state index >= 15 is 0 Å². The Kier molecular flexibility index (Phi) is 7.91. The molecule has 13 heteroatoms. The number of halogens is 4. The number of carbonyl (C=O) groups excluding carboxylic acids is 2. The van der Waals surface area contributed by atoms with Crippen LogP contribution < -0.4 is 20.5 Å². The van der Waals surface area contributed by atoms with Crippen molar-refractivity contribution in [1.82, 2.24) is 15.3 Å². The number of primary amides is 1. The highest BCUT2D eigenvalue weighted by molar-refractivity contribution is 5.96. The molecule has 2 aliphatic rings. The van der Waals surface area contributed by atoms with Gasteiger partial charge in [0, 0.05) is 27.9 Å². The Morgan fingerprint density at radius 1 is 1.09 bits per heavy atom. The van der Waals surface area contributed by atoms with Gasteiger partial charge in [-0.3, -0.25) is 14.6 Å². The molecule has 3 heterocycles. The molecule has 4 aromatic rings. The van der Waals surface area contributed by atoms with E-state index in [0.29, 0.717) is 22.7 Å². The Labute approximate surface area is 266 Å². The van der Waals surface area contributed by atoms with Crippen LogP contribution in [0, 0.1) is 12.7 Å². The van der Waals surface area contributed by atoms with Gasteiger partial charge in [0.25, 0.3) is 5.91 Å². The van der Waals surface area contributed by atoms with Crippen molar-refractivity contribution in [3.8, 4) is 34.0 Å². The average Bonchev–Trinajstić information content (AvgIpc) is 3.79. The second-order valence-corrected chi connectivity index (χ2v) is 12.0. The molecule has 1 aliphatic heterocycles. The molecule has 1 fully saturated rings. The van der Waals surface area contributed by atoms with E-state index in [1.807, 2.05) is 0 Å². The van der Waals surface area contributed by atoms with Crippen LogP contribution >= 0.6 is 0 Å². The number of alkyl halides is 3. The van der Waals surface area contributed by atoms with E-state index in [-0.39, 0.29) is 40.8 Å². The quantitative estimate of drug-likeness (QED) is 0.214. The highest BCUT2D eigenvalue weighted by Gasteiger charge is 2.57. The Bertz CT molecular complexity index is 1880. The van der Waals surface area contributed by atoms with E-state index in [4.69, 9.17) is 15.2 Å². The summed E-state index contributed by atoms with van der Waals surface area (Å²) in [5.74, 6) is -1.95. The summed E-state index contributed by atoms with van der Waals surface area (Å²) in [4.78, 5) is 34.4. The molecule has 244 valence electrons. The van der Waals surface area contributed by atoms with Crippen molar-refractivity contribution in [1.29, 1.82) is 0 Å². The van der Waals surface area contributed by atoms with Crippen molar-refractivity contribution >= 4 is 11.8 Å². The molecular formula is C34H30F4N4O5. The normalized spacial score (nSPS) is 18.5. The topological polar surface area (TPSA) is 137 Å². The summed E-state index contributed by atoms with van der Waals surface area (Å²) in [6.45, 7) is 1.56. The molecule has 0 unspecified atom stereocenters. The van der Waals surface area contributed by atoms with Gasteiger partial charge in [-0.1, -0.05) is 6.07 Å². The number of aliphatic hydroxyl groups is 1. The fraction of sp³-hybridized carbons (Fsp3) is 0.294. The molecule has 0 saturated heterocycles. The number of carbonyl (C=O) groups is 2. The zero-order valence-electron chi connectivity index (χ0n) is 25.3. The maximum absolute atomic E-state index is 14.8. The molecule has 47 heavy (non-hydrogen) atoms. The number of rotatable bonds is 9. The summed E-state index contributed by atoms with van der Waals surface area (Å²) in [6.07, 6.45) is -3.57. The van der Waals surface area contributed by atoms with Gasteiger partial charge in [0.05, 0.1) is 24.0 Å². The number of aryl methyl sites for hydroxylation is 1. The highest BCUT2D eigenvalue weighted by atomic mass is 19.4. The number of nitrogens with two attached hydrogens (primary N) is 1. The number of fused-ring (bicyclic) bond motifs is 1. The Hall–Kier alpha value is -5.04. The van der Waals surface area contributed by atoms with Gasteiger partial charge in [-0.25, -0.2) is 9.37 Å². The molecule has 0 spiro atoms. The molecule has 1 aliphatic carbocycles. The SMILES string of the molecule is Cc1cccc(-c2cc(C(=O)NC[C@](O)(c3cc4c(c(-c5ccc(F)cc5)n3)OC[C@]4(C)C(N)=O)C(F)(F)F)ccc2OC2CC2)n1. The van der Waals surface area contributed by atoms with E-state index in [0.717, 1.165) is 31.0 Å². The average molecular weight is 651 g/mol. The predicted molar refractivity (Wildman–Crippen MR) is 162 cm³/mol. The van der Waals surface area contributed by atoms with Crippen molar-refractivity contribution in [2.45, 2.75) is 50.0 Å². The van der Waals surface area contributed by atoms with E-state index in [2.05, 4.69) is 15.3 Å². The summed E-state index contributed by atoms with van der Waals surface area (Å²) in [6, 6.07) is 15.4. The number of benzene rings is 2. The first-order chi connectivity index (χ1) is 22.2. The Morgan fingerprint density at radius 2 is 1.81 bits per heavy atom. The molecular weight excluding hydrogens is 620 g/mol. The molecule has 2 amide bonds. The van der Waals surface area contributed by atoms with E-state index in [1.54, 1.807) is 31.2 Å². The van der Waals surface area contributed by atoms with Gasteiger partial charge in [0.1, 0.15) is 35.0 Å². The molecule has 0 radical (unpaired) electrons. The Morgan fingerprint density at radius 3 is 2.45 bits per heavy atom. The number of pyridine rings is 2. The lowest BCUT2D eigenvalue weighted by atomic mass is 9.81. The first kappa shape index (κ1) is 31.9. The van der Waals surface area contributed by atoms with Crippen LogP contribution in [0.15, 0.2) is 66.7 Å². The summed E-state index contributed by atoms with van der Waals surface area (Å²) < 4.78 is 69.8. The van der Waals surface area contributed by atoms with Crippen LogP contribution in [0.4, 0.5) is 17.6 Å². The lowest BCUT2D eigenvalue weighted by Crippen LogP contribution is -2.51. The molecule has 0 bridgehead atoms. The second-order valence-electron chi connectivity index (χ2n) is 12.0. The van der Waals surface area contributed by atoms with E-state index in [9.17, 15) is 32.3 Å². The molecule has 2 aromatic carbocycles. The zero-order chi connectivity index (χ0) is 33.7. The van der Waals surface area contributed by atoms with E-state index < -0.39 is 47.1 Å². The van der Waals surface area contributed by atoms with Crippen molar-refractivity contribution < 1.29 is 41.7 Å². The largest absolute Gasteiger partial charge is 0.490 e. The summed E-state index contributed by atoms with van der Waals surface area (Å²) in [7, 11) is 0. The summed E-state index contributed by atoms with van der Waals surface area (Å²) in [5.41, 5.74) is 1.07. The predicted octanol–water partition coefficient (Wildman–Crippen LogP) is 5.11. The first-order valence-corrected chi connectivity index (χ1v) is 14.8. The first-order valence-electron chi connectivity index (χ1n) is 14.8. The fourth-order valence-electron chi connectivity index (χ4n) is 5.28. The Balaban J connectivity index is 1.38. The van der Waals surface area contributed by atoms with Crippen molar-refractivity contribution in [3.63, 3.8) is 0 Å². The lowest BCUT2D eigenvalue weighted by Gasteiger charge is -2.31. The van der Waals surface area contributed by atoms with Gasteiger partial charge in [0.15, 0.2) is 0 Å². The van der Waals surface area contributed by atoms with Crippen molar-refractivity contribution in [2.24, 2.45) is 5.73 Å². The van der Waals surface area contributed by atoms with Gasteiger partial charge < -0.3 is 25.6 Å². The van der Waals surface area contributed by atoms with Crippen LogP contribution in [0.25, 0.3) is 22.5 Å². The maximum Gasteiger partial charge on any atom is 0.424 e. The van der Waals surface area contributed by atoms with Crippen LogP contribution in [0.1, 0.15) is 47.1 Å². The number of hydrogen-bond donors (Lipinski definition) is 3. The number of nitrogens with one attached hydrogen (secondary N) is 1. The minimum Gasteiger partial charge on any atom is -0.490 e. The number of ether oxygens (including phenoxy) is 2. The van der Waals surface area contributed by atoms with Gasteiger partial charge in [0.2, 0.25) is 11.5 Å². The van der Waals surface area contributed by atoms with Crippen molar-refractivity contribution in [2.75, 3.05) is 13.2 Å². The number of amides is 2. The number of hydrogen-bond acceptors (Lipinski definition) is 7. The van der Waals surface area contributed by atoms with Crippen LogP contribution in [0.5, 0.6) is 11.5 Å². The minimum absolute atomic E-state index is 0.000375. The van der Waals surface area contributed by atoms with Crippen molar-refractivity contribution in [3.05, 3.63) is 95.1 Å². The minimum atomic E-state index is -5.36. The third kappa shape index (κ3) is 5.98.